The van der Waals surface area contributed by atoms with Crippen molar-refractivity contribution in [2.75, 3.05) is 6.61 Å². The zero-order chi connectivity index (χ0) is 12.9. The fourth-order valence-corrected chi connectivity index (χ4v) is 1.46. The molecule has 0 aromatic heterocycles. The first kappa shape index (κ1) is 15.3. The van der Waals surface area contributed by atoms with E-state index in [0.29, 0.717) is 0 Å². The van der Waals surface area contributed by atoms with E-state index >= 15 is 0 Å². The summed E-state index contributed by atoms with van der Waals surface area (Å²) in [5, 5.41) is 0. The van der Waals surface area contributed by atoms with Crippen LogP contribution in [0.25, 0.3) is 0 Å². The van der Waals surface area contributed by atoms with Gasteiger partial charge in [0, 0.05) is 5.57 Å². The van der Waals surface area contributed by atoms with E-state index in [9.17, 15) is 9.36 Å². The van der Waals surface area contributed by atoms with Crippen LogP contribution in [-0.4, -0.2) is 28.5 Å². The number of esters is 1. The molecule has 1 atom stereocenters. The zero-order valence-corrected chi connectivity index (χ0v) is 10.4. The summed E-state index contributed by atoms with van der Waals surface area (Å²) < 4.78 is 19.9. The Labute approximate surface area is 94.5 Å². The number of hydrogen-bond donors (Lipinski definition) is 2. The van der Waals surface area contributed by atoms with Gasteiger partial charge in [-0.2, -0.15) is 0 Å². The van der Waals surface area contributed by atoms with E-state index in [1.54, 1.807) is 13.8 Å². The molecule has 0 saturated heterocycles. The average Bonchev–Trinajstić information content (AvgIpc) is 2.09. The molecular weight excluding hydrogens is 235 g/mol. The maximum atomic E-state index is 11.1. The summed E-state index contributed by atoms with van der Waals surface area (Å²) in [6, 6.07) is 0. The Bertz CT molecular complexity index is 305. The van der Waals surface area contributed by atoms with Crippen molar-refractivity contribution in [3.8, 4) is 0 Å². The van der Waals surface area contributed by atoms with Gasteiger partial charge in [-0.25, -0.2) is 9.36 Å². The minimum Gasteiger partial charge on any atom is -0.460 e. The van der Waals surface area contributed by atoms with Crippen LogP contribution in [0, 0.1) is 5.92 Å². The van der Waals surface area contributed by atoms with E-state index in [1.165, 1.54) is 6.92 Å². The molecule has 1 unspecified atom stereocenters. The number of carbonyl (C=O) groups is 1. The molecule has 0 aliphatic heterocycles. The fraction of sp³-hybridized carbons (Fsp3) is 0.667. The third-order valence-corrected chi connectivity index (χ3v) is 2.29. The maximum Gasteiger partial charge on any atom is 0.469 e. The van der Waals surface area contributed by atoms with Crippen molar-refractivity contribution in [3.05, 3.63) is 12.2 Å². The van der Waals surface area contributed by atoms with E-state index in [2.05, 4.69) is 11.1 Å². The van der Waals surface area contributed by atoms with Gasteiger partial charge in [-0.05, 0) is 12.8 Å². The van der Waals surface area contributed by atoms with Crippen molar-refractivity contribution >= 4 is 13.8 Å². The molecule has 0 saturated carbocycles. The quantitative estimate of drug-likeness (QED) is 0.419. The largest absolute Gasteiger partial charge is 0.469 e. The standard InChI is InChI=1S/C9H17O6P/c1-6(2)8(15-16(11,12)13)5-14-9(10)7(3)4/h6,8H,3,5H2,1-2,4H3,(H2,11,12,13). The molecule has 94 valence electrons. The molecule has 0 amide bonds. The lowest BCUT2D eigenvalue weighted by atomic mass is 10.1. The molecule has 16 heavy (non-hydrogen) atoms. The van der Waals surface area contributed by atoms with Crippen LogP contribution in [0.5, 0.6) is 0 Å². The van der Waals surface area contributed by atoms with Crippen LogP contribution in [0.1, 0.15) is 20.8 Å². The van der Waals surface area contributed by atoms with Crippen LogP contribution in [0.4, 0.5) is 0 Å². The van der Waals surface area contributed by atoms with Gasteiger partial charge in [-0.1, -0.05) is 20.4 Å². The van der Waals surface area contributed by atoms with E-state index in [0.717, 1.165) is 0 Å². The Morgan fingerprint density at radius 3 is 2.25 bits per heavy atom. The van der Waals surface area contributed by atoms with Crippen molar-refractivity contribution in [1.29, 1.82) is 0 Å². The number of phosphoric ester groups is 1. The topological polar surface area (TPSA) is 93.1 Å². The summed E-state index contributed by atoms with van der Waals surface area (Å²) in [4.78, 5) is 28.3. The number of hydrogen-bond acceptors (Lipinski definition) is 4. The van der Waals surface area contributed by atoms with Crippen LogP contribution in [-0.2, 0) is 18.6 Å². The Hall–Kier alpha value is -0.680. The maximum absolute atomic E-state index is 11.1. The molecule has 7 heteroatoms. The molecule has 0 aliphatic rings. The predicted molar refractivity (Wildman–Crippen MR) is 57.5 cm³/mol. The van der Waals surface area contributed by atoms with Gasteiger partial charge in [-0.3, -0.25) is 4.52 Å². The number of phosphoric acid groups is 1. The summed E-state index contributed by atoms with van der Waals surface area (Å²) >= 11 is 0. The highest BCUT2D eigenvalue weighted by Crippen LogP contribution is 2.39. The molecule has 6 nitrogen and oxygen atoms in total. The van der Waals surface area contributed by atoms with E-state index in [4.69, 9.17) is 14.5 Å². The molecule has 0 rings (SSSR count). The highest BCUT2D eigenvalue weighted by molar-refractivity contribution is 7.46. The summed E-state index contributed by atoms with van der Waals surface area (Å²) in [5.74, 6) is -0.800. The number of ether oxygens (including phenoxy) is 1. The summed E-state index contributed by atoms with van der Waals surface area (Å²) in [7, 11) is -4.57. The van der Waals surface area contributed by atoms with Gasteiger partial charge in [-0.15, -0.1) is 0 Å². The Morgan fingerprint density at radius 1 is 1.44 bits per heavy atom. The van der Waals surface area contributed by atoms with Gasteiger partial charge in [0.25, 0.3) is 0 Å². The highest BCUT2D eigenvalue weighted by Gasteiger charge is 2.26. The van der Waals surface area contributed by atoms with Crippen molar-refractivity contribution in [2.45, 2.75) is 26.9 Å². The van der Waals surface area contributed by atoms with Crippen LogP contribution < -0.4 is 0 Å². The minimum absolute atomic E-state index is 0.189. The fourth-order valence-electron chi connectivity index (χ4n) is 0.802. The third-order valence-electron chi connectivity index (χ3n) is 1.74. The first-order valence-electron chi connectivity index (χ1n) is 4.70. The Balaban J connectivity index is 4.31. The normalized spacial score (nSPS) is 13.6. The first-order chi connectivity index (χ1) is 7.13. The molecule has 0 bridgehead atoms. The van der Waals surface area contributed by atoms with Gasteiger partial charge in [0.05, 0.1) is 0 Å². The lowest BCUT2D eigenvalue weighted by molar-refractivity contribution is -0.142. The van der Waals surface area contributed by atoms with Crippen molar-refractivity contribution in [1.82, 2.24) is 0 Å². The Kier molecular flexibility index (Phi) is 5.89. The van der Waals surface area contributed by atoms with Gasteiger partial charge >= 0.3 is 13.8 Å². The van der Waals surface area contributed by atoms with Crippen LogP contribution in [0.3, 0.4) is 0 Å². The first-order valence-corrected chi connectivity index (χ1v) is 6.23. The van der Waals surface area contributed by atoms with E-state index < -0.39 is 19.9 Å². The van der Waals surface area contributed by atoms with Gasteiger partial charge in [0.1, 0.15) is 12.7 Å². The highest BCUT2D eigenvalue weighted by atomic mass is 31.2. The summed E-state index contributed by atoms with van der Waals surface area (Å²) in [6.07, 6.45) is -0.843. The lowest BCUT2D eigenvalue weighted by Gasteiger charge is -2.21. The smallest absolute Gasteiger partial charge is 0.460 e. The molecule has 0 heterocycles. The summed E-state index contributed by atoms with van der Waals surface area (Å²) in [6.45, 7) is 8.06. The SMILES string of the molecule is C=C(C)C(=O)OCC(OP(=O)(O)O)C(C)C. The third kappa shape index (κ3) is 6.74. The second-order valence-electron chi connectivity index (χ2n) is 3.76. The number of rotatable bonds is 6. The molecule has 0 aromatic carbocycles. The molecule has 0 radical (unpaired) electrons. The number of carbonyl (C=O) groups excluding carboxylic acids is 1. The van der Waals surface area contributed by atoms with Crippen molar-refractivity contribution in [3.63, 3.8) is 0 Å². The van der Waals surface area contributed by atoms with E-state index in [-0.39, 0.29) is 18.1 Å². The monoisotopic (exact) mass is 252 g/mol. The molecule has 0 spiro atoms. The van der Waals surface area contributed by atoms with Crippen LogP contribution in [0.2, 0.25) is 0 Å². The van der Waals surface area contributed by atoms with Gasteiger partial charge < -0.3 is 14.5 Å². The van der Waals surface area contributed by atoms with Crippen LogP contribution in [0.15, 0.2) is 12.2 Å². The molecule has 2 N–H and O–H groups in total. The second kappa shape index (κ2) is 6.15. The van der Waals surface area contributed by atoms with Gasteiger partial charge in [0.2, 0.25) is 0 Å². The van der Waals surface area contributed by atoms with Crippen LogP contribution >= 0.6 is 7.82 Å². The zero-order valence-electron chi connectivity index (χ0n) is 9.54. The Morgan fingerprint density at radius 2 is 1.94 bits per heavy atom. The van der Waals surface area contributed by atoms with Crippen molar-refractivity contribution in [2.24, 2.45) is 5.92 Å². The average molecular weight is 252 g/mol. The molecule has 0 fully saturated rings. The van der Waals surface area contributed by atoms with Crippen molar-refractivity contribution < 1.29 is 28.4 Å². The minimum atomic E-state index is -4.57. The predicted octanol–water partition coefficient (Wildman–Crippen LogP) is 1.24. The molecule has 0 aliphatic carbocycles. The lowest BCUT2D eigenvalue weighted by Crippen LogP contribution is -2.26. The molecule has 0 aromatic rings. The summed E-state index contributed by atoms with van der Waals surface area (Å²) in [5.41, 5.74) is 0.221. The molecular formula is C9H17O6P. The van der Waals surface area contributed by atoms with Gasteiger partial charge in [0.15, 0.2) is 0 Å². The van der Waals surface area contributed by atoms with E-state index in [1.807, 2.05) is 0 Å². The second-order valence-corrected chi connectivity index (χ2v) is 4.95.